The van der Waals surface area contributed by atoms with E-state index in [0.29, 0.717) is 0 Å². The average molecular weight is 263 g/mol. The van der Waals surface area contributed by atoms with Crippen LogP contribution in [0.1, 0.15) is 57.7 Å². The fraction of sp³-hybridized carbons (Fsp3) is 0.647. The minimum absolute atomic E-state index is 0.206. The second kappa shape index (κ2) is 7.06. The maximum Gasteiger partial charge on any atom is 0.0765 e. The molecule has 0 aromatic heterocycles. The number of ether oxygens (including phenoxy) is 1. The van der Waals surface area contributed by atoms with Crippen LogP contribution in [0.4, 0.5) is 0 Å². The molecule has 0 aliphatic carbocycles. The lowest BCUT2D eigenvalue weighted by atomic mass is 9.85. The van der Waals surface area contributed by atoms with E-state index in [2.05, 4.69) is 57.3 Å². The van der Waals surface area contributed by atoms with Gasteiger partial charge >= 0.3 is 0 Å². The Balaban J connectivity index is 2.93. The molecule has 2 unspecified atom stereocenters. The summed E-state index contributed by atoms with van der Waals surface area (Å²) in [7, 11) is 3.80. The number of nitrogens with one attached hydrogen (secondary N) is 1. The minimum Gasteiger partial charge on any atom is -0.379 e. The van der Waals surface area contributed by atoms with E-state index < -0.39 is 0 Å². The van der Waals surface area contributed by atoms with Crippen LogP contribution in [-0.2, 0) is 10.2 Å². The van der Waals surface area contributed by atoms with Gasteiger partial charge in [0.15, 0.2) is 0 Å². The molecule has 2 atom stereocenters. The summed E-state index contributed by atoms with van der Waals surface area (Å²) >= 11 is 0. The normalized spacial score (nSPS) is 15.3. The van der Waals surface area contributed by atoms with Gasteiger partial charge in [-0.3, -0.25) is 0 Å². The molecule has 0 amide bonds. The molecule has 0 spiro atoms. The molecule has 2 nitrogen and oxygen atoms in total. The number of methoxy groups -OCH3 is 1. The highest BCUT2D eigenvalue weighted by Crippen LogP contribution is 2.26. The second-order valence-corrected chi connectivity index (χ2v) is 6.20. The molecule has 0 aliphatic heterocycles. The van der Waals surface area contributed by atoms with E-state index in [1.54, 1.807) is 7.11 Å². The minimum atomic E-state index is 0.206. The van der Waals surface area contributed by atoms with Crippen LogP contribution in [-0.4, -0.2) is 20.3 Å². The first-order chi connectivity index (χ1) is 8.93. The molecule has 19 heavy (non-hydrogen) atoms. The van der Waals surface area contributed by atoms with Crippen molar-refractivity contribution < 1.29 is 4.74 Å². The smallest absolute Gasteiger partial charge is 0.0765 e. The topological polar surface area (TPSA) is 21.3 Å². The highest BCUT2D eigenvalue weighted by Gasteiger charge is 2.21. The van der Waals surface area contributed by atoms with Gasteiger partial charge in [-0.15, -0.1) is 0 Å². The van der Waals surface area contributed by atoms with E-state index in [1.165, 1.54) is 11.1 Å². The Hall–Kier alpha value is -0.860. The molecule has 0 heterocycles. The van der Waals surface area contributed by atoms with E-state index in [1.807, 2.05) is 7.05 Å². The molecule has 0 saturated heterocycles. The van der Waals surface area contributed by atoms with E-state index in [4.69, 9.17) is 4.74 Å². The number of likely N-dealkylation sites (N-methyl/N-ethyl adjacent to an activating group) is 1. The monoisotopic (exact) mass is 263 g/mol. The third-order valence-corrected chi connectivity index (χ3v) is 3.69. The lowest BCUT2D eigenvalue weighted by Crippen LogP contribution is -2.31. The zero-order valence-electron chi connectivity index (χ0n) is 13.3. The van der Waals surface area contributed by atoms with Crippen LogP contribution < -0.4 is 5.32 Å². The highest BCUT2D eigenvalue weighted by molar-refractivity contribution is 5.29. The lowest BCUT2D eigenvalue weighted by Gasteiger charge is -2.27. The maximum absolute atomic E-state index is 5.63. The summed E-state index contributed by atoms with van der Waals surface area (Å²) in [6.07, 6.45) is 2.44. The van der Waals surface area contributed by atoms with Crippen LogP contribution in [0.15, 0.2) is 24.3 Å². The molecule has 0 fully saturated rings. The SMILES string of the molecule is CCCC(OC)C(NC)c1ccc(C(C)(C)C)cc1. The Bertz CT molecular complexity index is 364. The summed E-state index contributed by atoms with van der Waals surface area (Å²) in [6, 6.07) is 9.18. The largest absolute Gasteiger partial charge is 0.379 e. The van der Waals surface area contributed by atoms with Crippen LogP contribution in [0.3, 0.4) is 0 Å². The molecule has 2 heteroatoms. The molecule has 1 N–H and O–H groups in total. The van der Waals surface area contributed by atoms with Crippen molar-refractivity contribution in [3.8, 4) is 0 Å². The van der Waals surface area contributed by atoms with Crippen molar-refractivity contribution >= 4 is 0 Å². The maximum atomic E-state index is 5.63. The molecule has 1 rings (SSSR count). The third kappa shape index (κ3) is 4.32. The quantitative estimate of drug-likeness (QED) is 0.835. The number of benzene rings is 1. The lowest BCUT2D eigenvalue weighted by molar-refractivity contribution is 0.0630. The van der Waals surface area contributed by atoms with Crippen LogP contribution in [0, 0.1) is 0 Å². The van der Waals surface area contributed by atoms with Crippen molar-refractivity contribution in [3.63, 3.8) is 0 Å². The average Bonchev–Trinajstić information content (AvgIpc) is 2.38. The predicted octanol–water partition coefficient (Wildman–Crippen LogP) is 4.06. The Labute approximate surface area is 118 Å². The van der Waals surface area contributed by atoms with Crippen molar-refractivity contribution in [2.24, 2.45) is 0 Å². The van der Waals surface area contributed by atoms with Gasteiger partial charge in [-0.05, 0) is 30.0 Å². The van der Waals surface area contributed by atoms with Gasteiger partial charge < -0.3 is 10.1 Å². The Morgan fingerprint density at radius 1 is 1.16 bits per heavy atom. The molecule has 0 saturated carbocycles. The summed E-state index contributed by atoms with van der Waals surface area (Å²) < 4.78 is 5.63. The van der Waals surface area contributed by atoms with Crippen molar-refractivity contribution in [1.29, 1.82) is 0 Å². The molecule has 108 valence electrons. The molecule has 0 bridgehead atoms. The van der Waals surface area contributed by atoms with Gasteiger partial charge in [-0.25, -0.2) is 0 Å². The molecular formula is C17H29NO. The Morgan fingerprint density at radius 2 is 1.74 bits per heavy atom. The predicted molar refractivity (Wildman–Crippen MR) is 82.6 cm³/mol. The van der Waals surface area contributed by atoms with E-state index >= 15 is 0 Å². The van der Waals surface area contributed by atoms with Gasteiger partial charge in [0, 0.05) is 7.11 Å². The van der Waals surface area contributed by atoms with Crippen LogP contribution in [0.25, 0.3) is 0 Å². The standard InChI is InChI=1S/C17H29NO/c1-7-8-15(19-6)16(18-5)13-9-11-14(12-10-13)17(2,3)4/h9-12,15-16,18H,7-8H2,1-6H3. The van der Waals surface area contributed by atoms with Crippen molar-refractivity contribution in [2.75, 3.05) is 14.2 Å². The molecular weight excluding hydrogens is 234 g/mol. The van der Waals surface area contributed by atoms with Crippen LogP contribution in [0.5, 0.6) is 0 Å². The molecule has 1 aromatic carbocycles. The third-order valence-electron chi connectivity index (χ3n) is 3.69. The van der Waals surface area contributed by atoms with Crippen molar-refractivity contribution in [1.82, 2.24) is 5.32 Å². The van der Waals surface area contributed by atoms with Crippen LogP contribution in [0.2, 0.25) is 0 Å². The van der Waals surface area contributed by atoms with E-state index in [9.17, 15) is 0 Å². The number of hydrogen-bond acceptors (Lipinski definition) is 2. The summed E-state index contributed by atoms with van der Waals surface area (Å²) in [4.78, 5) is 0. The first-order valence-corrected chi connectivity index (χ1v) is 7.24. The summed E-state index contributed by atoms with van der Waals surface area (Å²) in [5.41, 5.74) is 2.88. The first kappa shape index (κ1) is 16.2. The number of rotatable bonds is 6. The number of hydrogen-bond donors (Lipinski definition) is 1. The zero-order valence-corrected chi connectivity index (χ0v) is 13.3. The molecule has 1 aromatic rings. The van der Waals surface area contributed by atoms with E-state index in [0.717, 1.165) is 12.8 Å². The van der Waals surface area contributed by atoms with E-state index in [-0.39, 0.29) is 17.6 Å². The van der Waals surface area contributed by atoms with Gasteiger partial charge in [0.05, 0.1) is 12.1 Å². The van der Waals surface area contributed by atoms with Gasteiger partial charge in [-0.1, -0.05) is 58.4 Å². The summed E-state index contributed by atoms with van der Waals surface area (Å²) in [5, 5.41) is 3.39. The Kier molecular flexibility index (Phi) is 6.02. The molecule has 0 aliphatic rings. The van der Waals surface area contributed by atoms with Gasteiger partial charge in [0.2, 0.25) is 0 Å². The zero-order chi connectivity index (χ0) is 14.5. The highest BCUT2D eigenvalue weighted by atomic mass is 16.5. The summed E-state index contributed by atoms with van der Waals surface area (Å²) in [5.74, 6) is 0. The van der Waals surface area contributed by atoms with Crippen LogP contribution >= 0.6 is 0 Å². The van der Waals surface area contributed by atoms with Crippen molar-refractivity contribution in [3.05, 3.63) is 35.4 Å². The first-order valence-electron chi connectivity index (χ1n) is 7.24. The summed E-state index contributed by atoms with van der Waals surface area (Å²) in [6.45, 7) is 8.92. The van der Waals surface area contributed by atoms with Gasteiger partial charge in [0.1, 0.15) is 0 Å². The fourth-order valence-corrected chi connectivity index (χ4v) is 2.46. The Morgan fingerprint density at radius 3 is 2.11 bits per heavy atom. The van der Waals surface area contributed by atoms with Gasteiger partial charge in [0.25, 0.3) is 0 Å². The molecule has 0 radical (unpaired) electrons. The fourth-order valence-electron chi connectivity index (χ4n) is 2.46. The second-order valence-electron chi connectivity index (χ2n) is 6.20. The van der Waals surface area contributed by atoms with Gasteiger partial charge in [-0.2, -0.15) is 0 Å². The van der Waals surface area contributed by atoms with Crippen molar-refractivity contribution in [2.45, 2.75) is 58.1 Å².